The molecule has 0 unspecified atom stereocenters. The Kier molecular flexibility index (Phi) is 4.23. The monoisotopic (exact) mass is 354 g/mol. The van der Waals surface area contributed by atoms with Gasteiger partial charge in [-0.15, -0.1) is 0 Å². The summed E-state index contributed by atoms with van der Waals surface area (Å²) in [5.41, 5.74) is 1.92. The Labute approximate surface area is 150 Å². The summed E-state index contributed by atoms with van der Waals surface area (Å²) < 4.78 is 11.2. The van der Waals surface area contributed by atoms with Crippen molar-refractivity contribution in [3.8, 4) is 5.88 Å². The third kappa shape index (κ3) is 3.15. The summed E-state index contributed by atoms with van der Waals surface area (Å²) in [6.45, 7) is 7.12. The standard InChI is InChI=1S/C19H18N2O5/c1-11-5-7-13(8-6-11)16-17(18(22)26-19(16,3)4)25-15-9-12(2)14(10-20-15)21(23)24/h5-10H,1-4H3. The Bertz CT molecular complexity index is 929. The second-order valence-corrected chi connectivity index (χ2v) is 6.64. The maximum atomic E-state index is 12.4. The van der Waals surface area contributed by atoms with E-state index in [-0.39, 0.29) is 17.3 Å². The Morgan fingerprint density at radius 3 is 2.42 bits per heavy atom. The number of carbonyl (C=O) groups excluding carboxylic acids is 1. The third-order valence-corrected chi connectivity index (χ3v) is 4.16. The first-order valence-electron chi connectivity index (χ1n) is 8.03. The van der Waals surface area contributed by atoms with E-state index in [2.05, 4.69) is 4.98 Å². The molecular weight excluding hydrogens is 336 g/mol. The number of aryl methyl sites for hydroxylation is 2. The van der Waals surface area contributed by atoms with Crippen molar-refractivity contribution in [2.45, 2.75) is 33.3 Å². The maximum absolute atomic E-state index is 12.4. The van der Waals surface area contributed by atoms with Crippen LogP contribution in [0.3, 0.4) is 0 Å². The molecule has 1 aliphatic heterocycles. The number of aromatic nitrogens is 1. The number of cyclic esters (lactones) is 1. The molecule has 0 atom stereocenters. The summed E-state index contributed by atoms with van der Waals surface area (Å²) in [6, 6.07) is 9.09. The van der Waals surface area contributed by atoms with Gasteiger partial charge in [0.1, 0.15) is 11.8 Å². The van der Waals surface area contributed by atoms with Crippen molar-refractivity contribution in [3.05, 3.63) is 69.1 Å². The quantitative estimate of drug-likeness (QED) is 0.472. The molecule has 1 aliphatic rings. The number of hydrogen-bond donors (Lipinski definition) is 0. The normalized spacial score (nSPS) is 15.8. The number of pyridine rings is 1. The zero-order valence-electron chi connectivity index (χ0n) is 14.9. The van der Waals surface area contributed by atoms with Crippen LogP contribution in [0.1, 0.15) is 30.5 Å². The van der Waals surface area contributed by atoms with Crippen LogP contribution < -0.4 is 4.74 Å². The van der Waals surface area contributed by atoms with Crippen LogP contribution >= 0.6 is 0 Å². The van der Waals surface area contributed by atoms with Crippen LogP contribution in [0.15, 0.2) is 42.3 Å². The molecule has 2 aromatic rings. The van der Waals surface area contributed by atoms with E-state index in [0.717, 1.165) is 17.3 Å². The summed E-state index contributed by atoms with van der Waals surface area (Å²) in [5.74, 6) is -0.453. The van der Waals surface area contributed by atoms with Gasteiger partial charge in [0.15, 0.2) is 0 Å². The summed E-state index contributed by atoms with van der Waals surface area (Å²) in [6.07, 6.45) is 1.11. The molecule has 0 radical (unpaired) electrons. The number of rotatable bonds is 4. The molecule has 0 fully saturated rings. The van der Waals surface area contributed by atoms with Crippen LogP contribution in [0.2, 0.25) is 0 Å². The minimum absolute atomic E-state index is 0.0413. The average molecular weight is 354 g/mol. The van der Waals surface area contributed by atoms with Gasteiger partial charge in [0.25, 0.3) is 5.69 Å². The molecule has 0 bridgehead atoms. The van der Waals surface area contributed by atoms with Gasteiger partial charge in [0.2, 0.25) is 11.6 Å². The van der Waals surface area contributed by atoms with Crippen molar-refractivity contribution in [3.63, 3.8) is 0 Å². The highest BCUT2D eigenvalue weighted by atomic mass is 16.6. The average Bonchev–Trinajstić information content (AvgIpc) is 2.77. The molecule has 1 aromatic carbocycles. The summed E-state index contributed by atoms with van der Waals surface area (Å²) in [4.78, 5) is 26.7. The van der Waals surface area contributed by atoms with E-state index in [1.807, 2.05) is 31.2 Å². The fourth-order valence-corrected chi connectivity index (χ4v) is 2.87. The zero-order chi connectivity index (χ0) is 19.1. The number of hydrogen-bond acceptors (Lipinski definition) is 6. The van der Waals surface area contributed by atoms with Gasteiger partial charge in [-0.3, -0.25) is 10.1 Å². The lowest BCUT2D eigenvalue weighted by molar-refractivity contribution is -0.385. The summed E-state index contributed by atoms with van der Waals surface area (Å²) >= 11 is 0. The lowest BCUT2D eigenvalue weighted by atomic mass is 9.91. The smallest absolute Gasteiger partial charge is 0.375 e. The van der Waals surface area contributed by atoms with Crippen LogP contribution in [0, 0.1) is 24.0 Å². The molecule has 1 aromatic heterocycles. The van der Waals surface area contributed by atoms with E-state index >= 15 is 0 Å². The second kappa shape index (κ2) is 6.25. The molecule has 0 spiro atoms. The van der Waals surface area contributed by atoms with E-state index < -0.39 is 16.5 Å². The van der Waals surface area contributed by atoms with Crippen molar-refractivity contribution in [2.24, 2.45) is 0 Å². The van der Waals surface area contributed by atoms with E-state index in [0.29, 0.717) is 11.1 Å². The van der Waals surface area contributed by atoms with Crippen LogP contribution in [-0.4, -0.2) is 21.5 Å². The lowest BCUT2D eigenvalue weighted by Gasteiger charge is -2.21. The highest BCUT2D eigenvalue weighted by molar-refractivity contribution is 6.02. The van der Waals surface area contributed by atoms with Gasteiger partial charge in [-0.2, -0.15) is 0 Å². The van der Waals surface area contributed by atoms with Gasteiger partial charge in [0.05, 0.1) is 10.5 Å². The van der Waals surface area contributed by atoms with Crippen LogP contribution in [-0.2, 0) is 9.53 Å². The molecule has 26 heavy (non-hydrogen) atoms. The largest absolute Gasteiger partial charge is 0.449 e. The number of nitro groups is 1. The van der Waals surface area contributed by atoms with E-state index in [1.165, 1.54) is 6.07 Å². The predicted molar refractivity (Wildman–Crippen MR) is 94.5 cm³/mol. The predicted octanol–water partition coefficient (Wildman–Crippen LogP) is 3.73. The summed E-state index contributed by atoms with van der Waals surface area (Å²) in [5, 5.41) is 10.9. The van der Waals surface area contributed by atoms with Crippen molar-refractivity contribution in [1.29, 1.82) is 0 Å². The Morgan fingerprint density at radius 1 is 1.19 bits per heavy atom. The molecule has 7 nitrogen and oxygen atoms in total. The van der Waals surface area contributed by atoms with Crippen LogP contribution in [0.4, 0.5) is 5.69 Å². The van der Waals surface area contributed by atoms with E-state index in [9.17, 15) is 14.9 Å². The van der Waals surface area contributed by atoms with Gasteiger partial charge < -0.3 is 9.47 Å². The number of ether oxygens (including phenoxy) is 2. The van der Waals surface area contributed by atoms with Crippen LogP contribution in [0.25, 0.3) is 5.57 Å². The van der Waals surface area contributed by atoms with E-state index in [4.69, 9.17) is 9.47 Å². The number of carbonyl (C=O) groups is 1. The van der Waals surface area contributed by atoms with Crippen molar-refractivity contribution in [2.75, 3.05) is 0 Å². The topological polar surface area (TPSA) is 91.6 Å². The zero-order valence-corrected chi connectivity index (χ0v) is 14.9. The second-order valence-electron chi connectivity index (χ2n) is 6.64. The number of benzene rings is 1. The Hall–Kier alpha value is -3.22. The maximum Gasteiger partial charge on any atom is 0.375 e. The molecule has 134 valence electrons. The minimum Gasteiger partial charge on any atom is -0.449 e. The number of nitrogens with zero attached hydrogens (tertiary/aromatic N) is 2. The SMILES string of the molecule is Cc1ccc(C2=C(Oc3cc(C)c([N+](=O)[O-])cn3)C(=O)OC2(C)C)cc1. The Balaban J connectivity index is 2.06. The molecule has 2 heterocycles. The van der Waals surface area contributed by atoms with Gasteiger partial charge in [-0.1, -0.05) is 29.8 Å². The first kappa shape index (κ1) is 17.6. The first-order chi connectivity index (χ1) is 12.2. The van der Waals surface area contributed by atoms with Gasteiger partial charge >= 0.3 is 5.97 Å². The van der Waals surface area contributed by atoms with Crippen molar-refractivity contribution in [1.82, 2.24) is 4.98 Å². The van der Waals surface area contributed by atoms with Crippen molar-refractivity contribution >= 4 is 17.2 Å². The van der Waals surface area contributed by atoms with Gasteiger partial charge in [-0.05, 0) is 33.3 Å². The molecule has 0 saturated carbocycles. The highest BCUT2D eigenvalue weighted by Gasteiger charge is 2.43. The molecule has 0 amide bonds. The molecular formula is C19H18N2O5. The molecule has 0 N–H and O–H groups in total. The first-order valence-corrected chi connectivity index (χ1v) is 8.03. The molecule has 0 aliphatic carbocycles. The number of esters is 1. The van der Waals surface area contributed by atoms with Crippen LogP contribution in [0.5, 0.6) is 5.88 Å². The fourth-order valence-electron chi connectivity index (χ4n) is 2.87. The molecule has 0 saturated heterocycles. The summed E-state index contributed by atoms with van der Waals surface area (Å²) in [7, 11) is 0. The Morgan fingerprint density at radius 2 is 1.85 bits per heavy atom. The molecule has 3 rings (SSSR count). The highest BCUT2D eigenvalue weighted by Crippen LogP contribution is 2.40. The third-order valence-electron chi connectivity index (χ3n) is 4.16. The molecule has 7 heteroatoms. The van der Waals surface area contributed by atoms with Gasteiger partial charge in [0, 0.05) is 11.6 Å². The van der Waals surface area contributed by atoms with Crippen molar-refractivity contribution < 1.29 is 19.2 Å². The fraction of sp³-hybridized carbons (Fsp3) is 0.263. The van der Waals surface area contributed by atoms with Gasteiger partial charge in [-0.25, -0.2) is 9.78 Å². The lowest BCUT2D eigenvalue weighted by Crippen LogP contribution is -2.22. The van der Waals surface area contributed by atoms with E-state index in [1.54, 1.807) is 20.8 Å². The minimum atomic E-state index is -0.864.